The quantitative estimate of drug-likeness (QED) is 0.892. The predicted octanol–water partition coefficient (Wildman–Crippen LogP) is 4.51. The van der Waals surface area contributed by atoms with Crippen molar-refractivity contribution in [3.05, 3.63) is 45.1 Å². The van der Waals surface area contributed by atoms with Gasteiger partial charge in [-0.05, 0) is 48.7 Å². The molecule has 0 radical (unpaired) electrons. The van der Waals surface area contributed by atoms with Crippen LogP contribution in [0.25, 0.3) is 0 Å². The van der Waals surface area contributed by atoms with Gasteiger partial charge in [0.05, 0.1) is 17.5 Å². The van der Waals surface area contributed by atoms with Gasteiger partial charge in [0.15, 0.2) is 0 Å². The highest BCUT2D eigenvalue weighted by Crippen LogP contribution is 2.40. The first-order valence-corrected chi connectivity index (χ1v) is 7.14. The van der Waals surface area contributed by atoms with Crippen LogP contribution in [-0.4, -0.2) is 7.11 Å². The summed E-state index contributed by atoms with van der Waals surface area (Å²) in [4.78, 5) is 1.42. The molecule has 0 spiro atoms. The molecular formula is C14H14ClNOS. The highest BCUT2D eigenvalue weighted by atomic mass is 35.5. The molecule has 1 aromatic heterocycles. The van der Waals surface area contributed by atoms with E-state index in [9.17, 15) is 0 Å². The molecule has 0 bridgehead atoms. The Morgan fingerprint density at radius 1 is 1.33 bits per heavy atom. The summed E-state index contributed by atoms with van der Waals surface area (Å²) >= 11 is 7.76. The van der Waals surface area contributed by atoms with E-state index >= 15 is 0 Å². The summed E-state index contributed by atoms with van der Waals surface area (Å²) < 4.78 is 6.05. The molecule has 1 aliphatic carbocycles. The number of nitrogens with one attached hydrogen (secondary N) is 1. The van der Waals surface area contributed by atoms with Crippen LogP contribution in [0.3, 0.4) is 0 Å². The van der Waals surface area contributed by atoms with Crippen molar-refractivity contribution in [1.29, 1.82) is 0 Å². The molecule has 0 saturated carbocycles. The third-order valence-corrected chi connectivity index (χ3v) is 4.62. The summed E-state index contributed by atoms with van der Waals surface area (Å²) in [5.74, 6) is 0.881. The van der Waals surface area contributed by atoms with E-state index in [0.717, 1.165) is 28.6 Å². The molecule has 18 heavy (non-hydrogen) atoms. The fourth-order valence-corrected chi connectivity index (χ4v) is 3.73. The lowest BCUT2D eigenvalue weighted by atomic mass is 10.1. The van der Waals surface area contributed by atoms with E-state index < -0.39 is 0 Å². The van der Waals surface area contributed by atoms with Crippen molar-refractivity contribution in [2.45, 2.75) is 18.9 Å². The van der Waals surface area contributed by atoms with Crippen molar-refractivity contribution >= 4 is 28.6 Å². The second kappa shape index (κ2) is 4.82. The third kappa shape index (κ3) is 2.20. The number of thiophene rings is 1. The Morgan fingerprint density at radius 3 is 2.83 bits per heavy atom. The van der Waals surface area contributed by atoms with Crippen LogP contribution >= 0.6 is 22.9 Å². The lowest BCUT2D eigenvalue weighted by Gasteiger charge is -2.14. The molecule has 0 fully saturated rings. The third-order valence-electron chi connectivity index (χ3n) is 3.28. The average molecular weight is 280 g/mol. The maximum Gasteiger partial charge on any atom is 0.119 e. The number of rotatable bonds is 3. The van der Waals surface area contributed by atoms with Crippen LogP contribution < -0.4 is 10.1 Å². The van der Waals surface area contributed by atoms with E-state index in [4.69, 9.17) is 16.3 Å². The fraction of sp³-hybridized carbons (Fsp3) is 0.286. The Labute approximate surface area is 116 Å². The van der Waals surface area contributed by atoms with Crippen LogP contribution in [0.2, 0.25) is 4.34 Å². The van der Waals surface area contributed by atoms with E-state index in [2.05, 4.69) is 11.4 Å². The summed E-state index contributed by atoms with van der Waals surface area (Å²) in [7, 11) is 1.68. The molecular weight excluding hydrogens is 266 g/mol. The number of hydrogen-bond donors (Lipinski definition) is 1. The Morgan fingerprint density at radius 2 is 2.11 bits per heavy atom. The first-order valence-electron chi connectivity index (χ1n) is 5.95. The highest BCUT2D eigenvalue weighted by Gasteiger charge is 2.24. The van der Waals surface area contributed by atoms with Crippen molar-refractivity contribution < 1.29 is 4.74 Å². The van der Waals surface area contributed by atoms with E-state index in [-0.39, 0.29) is 0 Å². The molecule has 1 heterocycles. The molecule has 0 saturated heterocycles. The monoisotopic (exact) mass is 279 g/mol. The van der Waals surface area contributed by atoms with Gasteiger partial charge in [-0.2, -0.15) is 0 Å². The second-order valence-corrected chi connectivity index (χ2v) is 6.16. The van der Waals surface area contributed by atoms with Crippen molar-refractivity contribution in [3.8, 4) is 5.75 Å². The van der Waals surface area contributed by atoms with Crippen molar-refractivity contribution in [2.75, 3.05) is 12.4 Å². The fourth-order valence-electron chi connectivity index (χ4n) is 2.37. The SMILES string of the molecule is COc1ccc(NC2CCc3sc(Cl)cc32)cc1. The maximum absolute atomic E-state index is 6.06. The normalized spacial score (nSPS) is 17.6. The summed E-state index contributed by atoms with van der Waals surface area (Å²) in [5, 5.41) is 3.55. The standard InChI is InChI=1S/C14H14ClNOS/c1-17-10-4-2-9(3-5-10)16-12-6-7-13-11(12)8-14(15)18-13/h2-5,8,12,16H,6-7H2,1H3. The first kappa shape index (κ1) is 11.9. The van der Waals surface area contributed by atoms with Gasteiger partial charge >= 0.3 is 0 Å². The Hall–Kier alpha value is -1.19. The topological polar surface area (TPSA) is 21.3 Å². The maximum atomic E-state index is 6.06. The van der Waals surface area contributed by atoms with Crippen LogP contribution in [-0.2, 0) is 6.42 Å². The van der Waals surface area contributed by atoms with Gasteiger partial charge in [0.25, 0.3) is 0 Å². The van der Waals surface area contributed by atoms with Crippen molar-refractivity contribution in [2.24, 2.45) is 0 Å². The van der Waals surface area contributed by atoms with Gasteiger partial charge in [0.2, 0.25) is 0 Å². The van der Waals surface area contributed by atoms with Gasteiger partial charge in [-0.3, -0.25) is 0 Å². The van der Waals surface area contributed by atoms with Gasteiger partial charge in [0, 0.05) is 10.6 Å². The zero-order valence-electron chi connectivity index (χ0n) is 10.1. The van der Waals surface area contributed by atoms with Gasteiger partial charge in [-0.15, -0.1) is 11.3 Å². The molecule has 1 aliphatic rings. The number of methoxy groups -OCH3 is 1. The molecule has 1 aromatic carbocycles. The molecule has 1 N–H and O–H groups in total. The minimum absolute atomic E-state index is 0.386. The lowest BCUT2D eigenvalue weighted by Crippen LogP contribution is -2.06. The second-order valence-electron chi connectivity index (χ2n) is 4.39. The number of aryl methyl sites for hydroxylation is 1. The predicted molar refractivity (Wildman–Crippen MR) is 77.0 cm³/mol. The summed E-state index contributed by atoms with van der Waals surface area (Å²) in [6.07, 6.45) is 2.27. The number of halogens is 1. The van der Waals surface area contributed by atoms with E-state index in [1.54, 1.807) is 18.4 Å². The van der Waals surface area contributed by atoms with E-state index in [1.807, 2.05) is 24.3 Å². The summed E-state index contributed by atoms with van der Waals surface area (Å²) in [6.45, 7) is 0. The number of ether oxygens (including phenoxy) is 1. The van der Waals surface area contributed by atoms with Crippen molar-refractivity contribution in [1.82, 2.24) is 0 Å². The Kier molecular flexibility index (Phi) is 3.18. The highest BCUT2D eigenvalue weighted by molar-refractivity contribution is 7.16. The first-order chi connectivity index (χ1) is 8.76. The largest absolute Gasteiger partial charge is 0.497 e. The van der Waals surface area contributed by atoms with Crippen LogP contribution in [0.1, 0.15) is 22.9 Å². The molecule has 1 atom stereocenters. The van der Waals surface area contributed by atoms with Gasteiger partial charge in [-0.25, -0.2) is 0 Å². The minimum Gasteiger partial charge on any atom is -0.497 e. The number of benzene rings is 1. The molecule has 0 amide bonds. The Balaban J connectivity index is 1.77. The lowest BCUT2D eigenvalue weighted by molar-refractivity contribution is 0.415. The molecule has 1 unspecified atom stereocenters. The Bertz CT molecular complexity index is 549. The molecule has 2 aromatic rings. The van der Waals surface area contributed by atoms with Crippen LogP contribution in [0, 0.1) is 0 Å². The van der Waals surface area contributed by atoms with Crippen LogP contribution in [0.4, 0.5) is 5.69 Å². The zero-order chi connectivity index (χ0) is 12.5. The van der Waals surface area contributed by atoms with Crippen LogP contribution in [0.5, 0.6) is 5.75 Å². The molecule has 4 heteroatoms. The summed E-state index contributed by atoms with van der Waals surface area (Å²) in [6, 6.07) is 10.5. The van der Waals surface area contributed by atoms with E-state index in [0.29, 0.717) is 6.04 Å². The smallest absolute Gasteiger partial charge is 0.119 e. The summed E-state index contributed by atoms with van der Waals surface area (Å²) in [5.41, 5.74) is 2.48. The van der Waals surface area contributed by atoms with Crippen molar-refractivity contribution in [3.63, 3.8) is 0 Å². The molecule has 3 rings (SSSR count). The average Bonchev–Trinajstić information content (AvgIpc) is 2.91. The molecule has 2 nitrogen and oxygen atoms in total. The van der Waals surface area contributed by atoms with Gasteiger partial charge < -0.3 is 10.1 Å². The zero-order valence-corrected chi connectivity index (χ0v) is 11.6. The molecule has 0 aliphatic heterocycles. The van der Waals surface area contributed by atoms with Gasteiger partial charge in [0.1, 0.15) is 5.75 Å². The van der Waals surface area contributed by atoms with E-state index in [1.165, 1.54) is 10.4 Å². The number of hydrogen-bond acceptors (Lipinski definition) is 3. The number of fused-ring (bicyclic) bond motifs is 1. The minimum atomic E-state index is 0.386. The number of anilines is 1. The van der Waals surface area contributed by atoms with Crippen LogP contribution in [0.15, 0.2) is 30.3 Å². The molecule has 94 valence electrons. The van der Waals surface area contributed by atoms with Gasteiger partial charge in [-0.1, -0.05) is 11.6 Å².